The van der Waals surface area contributed by atoms with Crippen LogP contribution in [-0.2, 0) is 30.0 Å². The molecule has 0 aromatic carbocycles. The van der Waals surface area contributed by atoms with E-state index in [1.165, 1.54) is 5.40 Å². The summed E-state index contributed by atoms with van der Waals surface area (Å²) in [6.07, 6.45) is 0. The zero-order chi connectivity index (χ0) is 2.71. The molecular weight excluding hydrogens is 110 g/mol. The number of thiocyanates is 1. The smallest absolute Gasteiger partial charge is 0.696 e. The first-order chi connectivity index (χ1) is 1.41. The van der Waals surface area contributed by atoms with E-state index < -0.39 is 0 Å². The van der Waals surface area contributed by atoms with Gasteiger partial charge in [0.2, 0.25) is 0 Å². The summed E-state index contributed by atoms with van der Waals surface area (Å²) in [5.41, 5.74) is 0. The molecule has 0 aliphatic heterocycles. The van der Waals surface area contributed by atoms with Gasteiger partial charge in [-0.15, -0.1) is 0 Å². The van der Waals surface area contributed by atoms with Crippen molar-refractivity contribution in [1.82, 2.24) is 0 Å². The quantitative estimate of drug-likeness (QED) is 0.324. The molecule has 0 unspecified atom stereocenters. The number of nitriles is 1. The summed E-state index contributed by atoms with van der Waals surface area (Å²) in [6.45, 7) is 0. The number of hydrogen-bond donors (Lipinski definition) is 0. The molecule has 0 bridgehead atoms. The summed E-state index contributed by atoms with van der Waals surface area (Å²) in [5, 5.41) is 8.47. The average molecular weight is 110 g/mol. The van der Waals surface area contributed by atoms with Gasteiger partial charge >= 0.3 is 17.4 Å². The molecule has 1 radical (unpaired) electrons. The monoisotopic (exact) mass is 110 g/mol. The Hall–Kier alpha value is 0.242. The van der Waals surface area contributed by atoms with Crippen LogP contribution >= 0.6 is 0 Å². The summed E-state index contributed by atoms with van der Waals surface area (Å²) in [5.74, 6) is 0. The molecule has 0 spiro atoms. The van der Waals surface area contributed by atoms with Gasteiger partial charge in [-0.1, -0.05) is 5.40 Å². The molecule has 0 fully saturated rings. The van der Waals surface area contributed by atoms with E-state index in [9.17, 15) is 0 Å². The van der Waals surface area contributed by atoms with E-state index in [4.69, 9.17) is 5.26 Å². The molecule has 0 aliphatic rings. The number of hydrogen-bond acceptors (Lipinski definition) is 2. The van der Waals surface area contributed by atoms with E-state index in [-0.39, 0.29) is 17.4 Å². The van der Waals surface area contributed by atoms with Crippen LogP contribution in [0, 0.1) is 10.7 Å². The Morgan fingerprint density at radius 3 is 1.75 bits per heavy atom. The molecule has 19 valence electrons. The second kappa shape index (κ2) is 10.6. The van der Waals surface area contributed by atoms with Crippen LogP contribution in [0.4, 0.5) is 0 Å². The Kier molecular flexibility index (Phi) is 23.4. The maximum absolute atomic E-state index is 7.13. The van der Waals surface area contributed by atoms with Gasteiger partial charge in [0.25, 0.3) is 0 Å². The largest absolute Gasteiger partial charge is 3.00 e. The minimum Gasteiger partial charge on any atom is -0.696 e. The SMILES string of the molecule is N#C[S-].[Cr+3]. The second-order valence-corrected chi connectivity index (χ2v) is 0.274. The molecule has 4 heavy (non-hydrogen) atoms. The zero-order valence-electron chi connectivity index (χ0n) is 1.76. The fourth-order valence-electron chi connectivity index (χ4n) is 0. The molecule has 0 rings (SSSR count). The Morgan fingerprint density at radius 2 is 1.75 bits per heavy atom. The van der Waals surface area contributed by atoms with Crippen LogP contribution in [0.3, 0.4) is 0 Å². The normalized spacial score (nSPS) is 1.75. The Morgan fingerprint density at radius 1 is 1.75 bits per heavy atom. The van der Waals surface area contributed by atoms with E-state index in [0.29, 0.717) is 0 Å². The van der Waals surface area contributed by atoms with Crippen LogP contribution in [0.2, 0.25) is 0 Å². The van der Waals surface area contributed by atoms with Crippen molar-refractivity contribution >= 4 is 12.6 Å². The molecule has 0 aromatic heterocycles. The third kappa shape index (κ3) is 58.9. The van der Waals surface area contributed by atoms with Crippen molar-refractivity contribution in [2.45, 2.75) is 0 Å². The van der Waals surface area contributed by atoms with Crippen molar-refractivity contribution in [3.8, 4) is 5.40 Å². The molecule has 3 heteroatoms. The van der Waals surface area contributed by atoms with Gasteiger partial charge in [-0.3, -0.25) is 0 Å². The van der Waals surface area contributed by atoms with Crippen molar-refractivity contribution in [2.24, 2.45) is 0 Å². The molecule has 0 atom stereocenters. The topological polar surface area (TPSA) is 23.8 Å². The van der Waals surface area contributed by atoms with Crippen LogP contribution in [-0.4, -0.2) is 0 Å². The third-order valence-electron chi connectivity index (χ3n) is 0. The molecule has 0 heterocycles. The molecule has 0 aliphatic carbocycles. The van der Waals surface area contributed by atoms with Gasteiger partial charge in [0.15, 0.2) is 0 Å². The fraction of sp³-hybridized carbons (Fsp3) is 0. The minimum absolute atomic E-state index is 0. The van der Waals surface area contributed by atoms with E-state index in [2.05, 4.69) is 12.6 Å². The van der Waals surface area contributed by atoms with Crippen molar-refractivity contribution < 1.29 is 17.4 Å². The first-order valence-electron chi connectivity index (χ1n) is 0.428. The summed E-state index contributed by atoms with van der Waals surface area (Å²) in [7, 11) is 0. The first kappa shape index (κ1) is 8.87. The van der Waals surface area contributed by atoms with Crippen molar-refractivity contribution in [2.75, 3.05) is 0 Å². The molecule has 0 saturated carbocycles. The Labute approximate surface area is 41.2 Å². The van der Waals surface area contributed by atoms with Crippen molar-refractivity contribution in [1.29, 1.82) is 5.26 Å². The van der Waals surface area contributed by atoms with Crippen LogP contribution in [0.25, 0.3) is 0 Å². The number of rotatable bonds is 0. The summed E-state index contributed by atoms with van der Waals surface area (Å²) in [6, 6.07) is 0. The molecule has 1 nitrogen and oxygen atoms in total. The van der Waals surface area contributed by atoms with Gasteiger partial charge in [-0.2, -0.15) is 0 Å². The second-order valence-electron chi connectivity index (χ2n) is 0.0913. The molecule has 0 saturated heterocycles. The molecule has 0 N–H and O–H groups in total. The van der Waals surface area contributed by atoms with E-state index in [1.54, 1.807) is 0 Å². The van der Waals surface area contributed by atoms with Crippen LogP contribution in [0.1, 0.15) is 0 Å². The molecule has 0 aromatic rings. The summed E-state index contributed by atoms with van der Waals surface area (Å²) < 4.78 is 0. The maximum Gasteiger partial charge on any atom is 3.00 e. The average Bonchev–Trinajstić information content (AvgIpc) is 0.918. The first-order valence-corrected chi connectivity index (χ1v) is 0.836. The third-order valence-corrected chi connectivity index (χ3v) is 0. The molecular formula is CCrNS+2. The summed E-state index contributed by atoms with van der Waals surface area (Å²) >= 11 is 3.70. The molecule has 0 amide bonds. The van der Waals surface area contributed by atoms with Gasteiger partial charge < -0.3 is 12.6 Å². The van der Waals surface area contributed by atoms with E-state index >= 15 is 0 Å². The van der Waals surface area contributed by atoms with Gasteiger partial charge in [-0.05, 0) is 0 Å². The van der Waals surface area contributed by atoms with Gasteiger partial charge in [0, 0.05) is 0 Å². The van der Waals surface area contributed by atoms with E-state index in [1.807, 2.05) is 0 Å². The van der Waals surface area contributed by atoms with Gasteiger partial charge in [-0.25, -0.2) is 5.26 Å². The van der Waals surface area contributed by atoms with Crippen LogP contribution in [0.15, 0.2) is 0 Å². The minimum atomic E-state index is 0. The standard InChI is InChI=1S/CHNS.Cr/c2-1-3;/h3H;/q;+3/p-1. The zero-order valence-corrected chi connectivity index (χ0v) is 3.86. The Balaban J connectivity index is 0. The van der Waals surface area contributed by atoms with Crippen molar-refractivity contribution in [3.05, 3.63) is 0 Å². The van der Waals surface area contributed by atoms with Crippen LogP contribution < -0.4 is 0 Å². The van der Waals surface area contributed by atoms with Gasteiger partial charge in [0.1, 0.15) is 0 Å². The fourth-order valence-corrected chi connectivity index (χ4v) is 0. The Bertz CT molecular complexity index is 29.5. The maximum atomic E-state index is 7.13. The van der Waals surface area contributed by atoms with Gasteiger partial charge in [0.05, 0.1) is 0 Å². The predicted octanol–water partition coefficient (Wildman–Crippen LogP) is 0.0119. The number of nitrogens with zero attached hydrogens (tertiary/aromatic N) is 1. The van der Waals surface area contributed by atoms with Crippen LogP contribution in [0.5, 0.6) is 0 Å². The van der Waals surface area contributed by atoms with E-state index in [0.717, 1.165) is 0 Å². The summed E-state index contributed by atoms with van der Waals surface area (Å²) in [4.78, 5) is 0. The van der Waals surface area contributed by atoms with Crippen molar-refractivity contribution in [3.63, 3.8) is 0 Å². The predicted molar refractivity (Wildman–Crippen MR) is 13.0 cm³/mol.